The highest BCUT2D eigenvalue weighted by atomic mass is 35.5. The van der Waals surface area contributed by atoms with E-state index < -0.39 is 0 Å². The van der Waals surface area contributed by atoms with Crippen LogP contribution < -0.4 is 11.1 Å². The van der Waals surface area contributed by atoms with Gasteiger partial charge in [0.15, 0.2) is 0 Å². The van der Waals surface area contributed by atoms with Crippen LogP contribution in [0.25, 0.3) is 0 Å². The second-order valence-corrected chi connectivity index (χ2v) is 4.60. The number of benzene rings is 1. The second-order valence-electron chi connectivity index (χ2n) is 4.19. The van der Waals surface area contributed by atoms with E-state index in [0.29, 0.717) is 22.8 Å². The van der Waals surface area contributed by atoms with Crippen LogP contribution in [0, 0.1) is 0 Å². The smallest absolute Gasteiger partial charge is 0.224 e. The van der Waals surface area contributed by atoms with Crippen LogP contribution in [0.15, 0.2) is 36.9 Å². The normalized spacial score (nSPS) is 10.4. The Kier molecular flexibility index (Phi) is 4.41. The number of aryl methyl sites for hydroxylation is 1. The number of carbonyl (C=O) groups is 1. The Morgan fingerprint density at radius 3 is 3.00 bits per heavy atom. The number of nitrogen functional groups attached to an aromatic ring is 1. The molecule has 1 aromatic heterocycles. The topological polar surface area (TPSA) is 72.9 Å². The highest BCUT2D eigenvalue weighted by Gasteiger charge is 2.04. The van der Waals surface area contributed by atoms with Crippen LogP contribution in [0.4, 0.5) is 11.4 Å². The Balaban J connectivity index is 1.79. The molecule has 1 amide bonds. The Bertz CT molecular complexity index is 554. The second kappa shape index (κ2) is 6.24. The average Bonchev–Trinajstić information content (AvgIpc) is 2.87. The predicted octanol–water partition coefficient (Wildman–Crippen LogP) is 2.54. The molecule has 0 bridgehead atoms. The molecule has 0 aliphatic rings. The molecular formula is C13H15ClN4O. The summed E-state index contributed by atoms with van der Waals surface area (Å²) in [4.78, 5) is 15.7. The number of imidazole rings is 1. The van der Waals surface area contributed by atoms with Crippen molar-refractivity contribution in [3.05, 3.63) is 41.9 Å². The van der Waals surface area contributed by atoms with Crippen LogP contribution in [0.5, 0.6) is 0 Å². The standard InChI is InChI=1S/C13H15ClN4O/c14-11-4-3-10(8-12(11)15)17-13(19)2-1-6-18-7-5-16-9-18/h3-5,7-9H,1-2,6,15H2,(H,17,19). The zero-order valence-corrected chi connectivity index (χ0v) is 11.1. The van der Waals surface area contributed by atoms with E-state index in [9.17, 15) is 4.79 Å². The lowest BCUT2D eigenvalue weighted by molar-refractivity contribution is -0.116. The number of rotatable bonds is 5. The molecule has 0 spiro atoms. The molecule has 0 aliphatic carbocycles. The number of nitrogens with zero attached hydrogens (tertiary/aromatic N) is 2. The summed E-state index contributed by atoms with van der Waals surface area (Å²) in [5, 5.41) is 3.27. The van der Waals surface area contributed by atoms with Crippen molar-refractivity contribution in [2.24, 2.45) is 0 Å². The SMILES string of the molecule is Nc1cc(NC(=O)CCCn2ccnc2)ccc1Cl. The lowest BCUT2D eigenvalue weighted by Crippen LogP contribution is -2.12. The molecule has 19 heavy (non-hydrogen) atoms. The summed E-state index contributed by atoms with van der Waals surface area (Å²) in [7, 11) is 0. The lowest BCUT2D eigenvalue weighted by atomic mass is 10.2. The largest absolute Gasteiger partial charge is 0.397 e. The molecule has 100 valence electrons. The number of aromatic nitrogens is 2. The highest BCUT2D eigenvalue weighted by molar-refractivity contribution is 6.33. The maximum absolute atomic E-state index is 11.7. The van der Waals surface area contributed by atoms with Crippen LogP contribution in [0.3, 0.4) is 0 Å². The predicted molar refractivity (Wildman–Crippen MR) is 76.0 cm³/mol. The third-order valence-electron chi connectivity index (χ3n) is 2.66. The van der Waals surface area contributed by atoms with Gasteiger partial charge in [-0.15, -0.1) is 0 Å². The van der Waals surface area contributed by atoms with Gasteiger partial charge in [-0.3, -0.25) is 4.79 Å². The molecule has 0 unspecified atom stereocenters. The molecule has 0 saturated heterocycles. The molecule has 5 nitrogen and oxygen atoms in total. The summed E-state index contributed by atoms with van der Waals surface area (Å²) in [6, 6.07) is 5.04. The lowest BCUT2D eigenvalue weighted by Gasteiger charge is -2.07. The number of anilines is 2. The molecule has 6 heteroatoms. The zero-order chi connectivity index (χ0) is 13.7. The van der Waals surface area contributed by atoms with Gasteiger partial charge in [0.2, 0.25) is 5.91 Å². The van der Waals surface area contributed by atoms with Crippen LogP contribution in [-0.4, -0.2) is 15.5 Å². The number of hydrogen-bond acceptors (Lipinski definition) is 3. The monoisotopic (exact) mass is 278 g/mol. The maximum Gasteiger partial charge on any atom is 0.224 e. The molecule has 0 atom stereocenters. The van der Waals surface area contributed by atoms with Crippen molar-refractivity contribution in [1.82, 2.24) is 9.55 Å². The fraction of sp³-hybridized carbons (Fsp3) is 0.231. The Labute approximate surface area is 116 Å². The first kappa shape index (κ1) is 13.4. The first-order valence-electron chi connectivity index (χ1n) is 5.96. The molecule has 2 aromatic rings. The zero-order valence-electron chi connectivity index (χ0n) is 10.3. The first-order chi connectivity index (χ1) is 9.15. The Hall–Kier alpha value is -2.01. The molecular weight excluding hydrogens is 264 g/mol. The van der Waals surface area contributed by atoms with Gasteiger partial charge >= 0.3 is 0 Å². The van der Waals surface area contributed by atoms with Crippen molar-refractivity contribution in [3.8, 4) is 0 Å². The van der Waals surface area contributed by atoms with Gasteiger partial charge in [0.05, 0.1) is 17.0 Å². The van der Waals surface area contributed by atoms with Crippen molar-refractivity contribution in [2.45, 2.75) is 19.4 Å². The van der Waals surface area contributed by atoms with Gasteiger partial charge < -0.3 is 15.6 Å². The third kappa shape index (κ3) is 3.99. The minimum atomic E-state index is -0.0400. The third-order valence-corrected chi connectivity index (χ3v) is 3.00. The molecule has 0 radical (unpaired) electrons. The number of nitrogens with two attached hydrogens (primary N) is 1. The van der Waals surface area contributed by atoms with E-state index in [1.54, 1.807) is 30.7 Å². The molecule has 0 aliphatic heterocycles. The first-order valence-corrected chi connectivity index (χ1v) is 6.33. The van der Waals surface area contributed by atoms with E-state index in [1.165, 1.54) is 0 Å². The summed E-state index contributed by atoms with van der Waals surface area (Å²) in [5.41, 5.74) is 6.79. The summed E-state index contributed by atoms with van der Waals surface area (Å²) in [6.07, 6.45) is 6.53. The summed E-state index contributed by atoms with van der Waals surface area (Å²) < 4.78 is 1.94. The number of carbonyl (C=O) groups excluding carboxylic acids is 1. The van der Waals surface area contributed by atoms with E-state index in [2.05, 4.69) is 10.3 Å². The average molecular weight is 279 g/mol. The van der Waals surface area contributed by atoms with Crippen LogP contribution >= 0.6 is 11.6 Å². The van der Waals surface area contributed by atoms with Gasteiger partial charge in [-0.25, -0.2) is 4.98 Å². The summed E-state index contributed by atoms with van der Waals surface area (Å²) in [6.45, 7) is 0.774. The van der Waals surface area contributed by atoms with E-state index in [4.69, 9.17) is 17.3 Å². The van der Waals surface area contributed by atoms with Gasteiger partial charge in [-0.2, -0.15) is 0 Å². The number of nitrogens with one attached hydrogen (secondary N) is 1. The minimum absolute atomic E-state index is 0.0400. The molecule has 1 aromatic carbocycles. The molecule has 2 rings (SSSR count). The van der Waals surface area contributed by atoms with Gasteiger partial charge in [0.25, 0.3) is 0 Å². The number of hydrogen-bond donors (Lipinski definition) is 2. The molecule has 0 fully saturated rings. The number of amides is 1. The Morgan fingerprint density at radius 1 is 1.47 bits per heavy atom. The van der Waals surface area contributed by atoms with Crippen molar-refractivity contribution in [2.75, 3.05) is 11.1 Å². The van der Waals surface area contributed by atoms with E-state index in [0.717, 1.165) is 13.0 Å². The molecule has 3 N–H and O–H groups in total. The van der Waals surface area contributed by atoms with Crippen LogP contribution in [0.2, 0.25) is 5.02 Å². The van der Waals surface area contributed by atoms with Gasteiger partial charge in [0.1, 0.15) is 0 Å². The minimum Gasteiger partial charge on any atom is -0.397 e. The summed E-state index contributed by atoms with van der Waals surface area (Å²) in [5.74, 6) is -0.0400. The molecule has 0 saturated carbocycles. The quantitative estimate of drug-likeness (QED) is 0.826. The van der Waals surface area contributed by atoms with Crippen molar-refractivity contribution < 1.29 is 4.79 Å². The van der Waals surface area contributed by atoms with Crippen molar-refractivity contribution in [1.29, 1.82) is 0 Å². The molecule has 1 heterocycles. The van der Waals surface area contributed by atoms with E-state index in [1.807, 2.05) is 10.8 Å². The van der Waals surface area contributed by atoms with E-state index in [-0.39, 0.29) is 5.91 Å². The maximum atomic E-state index is 11.7. The number of halogens is 1. The summed E-state index contributed by atoms with van der Waals surface area (Å²) >= 11 is 5.81. The van der Waals surface area contributed by atoms with Gasteiger partial charge in [0, 0.05) is 31.0 Å². The fourth-order valence-electron chi connectivity index (χ4n) is 1.69. The van der Waals surface area contributed by atoms with Crippen molar-refractivity contribution >= 4 is 28.9 Å². The van der Waals surface area contributed by atoms with E-state index >= 15 is 0 Å². The van der Waals surface area contributed by atoms with Crippen LogP contribution in [-0.2, 0) is 11.3 Å². The van der Waals surface area contributed by atoms with Gasteiger partial charge in [-0.1, -0.05) is 11.6 Å². The Morgan fingerprint density at radius 2 is 2.32 bits per heavy atom. The fourth-order valence-corrected chi connectivity index (χ4v) is 1.80. The van der Waals surface area contributed by atoms with Gasteiger partial charge in [-0.05, 0) is 24.6 Å². The van der Waals surface area contributed by atoms with Crippen LogP contribution in [0.1, 0.15) is 12.8 Å². The highest BCUT2D eigenvalue weighted by Crippen LogP contribution is 2.22. The van der Waals surface area contributed by atoms with Crippen molar-refractivity contribution in [3.63, 3.8) is 0 Å².